The smallest absolute Gasteiger partial charge is 0.228 e. The fourth-order valence-corrected chi connectivity index (χ4v) is 2.54. The van der Waals surface area contributed by atoms with E-state index in [9.17, 15) is 4.79 Å². The number of rotatable bonds is 4. The number of nitrogens with zero attached hydrogens (tertiary/aromatic N) is 4. The van der Waals surface area contributed by atoms with E-state index in [-0.39, 0.29) is 5.91 Å². The highest BCUT2D eigenvalue weighted by molar-refractivity contribution is 5.91. The van der Waals surface area contributed by atoms with Gasteiger partial charge in [0.1, 0.15) is 0 Å². The molecule has 6 heteroatoms. The van der Waals surface area contributed by atoms with Gasteiger partial charge in [0.25, 0.3) is 0 Å². The second kappa shape index (κ2) is 7.19. The van der Waals surface area contributed by atoms with E-state index in [1.807, 2.05) is 30.3 Å². The third-order valence-electron chi connectivity index (χ3n) is 3.92. The molecule has 1 fully saturated rings. The van der Waals surface area contributed by atoms with Gasteiger partial charge >= 0.3 is 0 Å². The number of benzene rings is 1. The molecular formula is C17H21N5O. The average Bonchev–Trinajstić information content (AvgIpc) is 2.57. The monoisotopic (exact) mass is 311 g/mol. The predicted octanol–water partition coefficient (Wildman–Crippen LogP) is 1.41. The Labute approximate surface area is 136 Å². The summed E-state index contributed by atoms with van der Waals surface area (Å²) in [5.41, 5.74) is 1.61. The molecule has 0 spiro atoms. The van der Waals surface area contributed by atoms with Crippen LogP contribution >= 0.6 is 0 Å². The molecule has 1 aliphatic heterocycles. The predicted molar refractivity (Wildman–Crippen MR) is 90.5 cm³/mol. The number of carbonyl (C=O) groups is 1. The second-order valence-corrected chi connectivity index (χ2v) is 5.77. The first-order valence-electron chi connectivity index (χ1n) is 7.80. The highest BCUT2D eigenvalue weighted by Crippen LogP contribution is 2.12. The Balaban J connectivity index is 1.56. The molecular weight excluding hydrogens is 290 g/mol. The Morgan fingerprint density at radius 3 is 2.39 bits per heavy atom. The molecule has 0 bridgehead atoms. The van der Waals surface area contributed by atoms with E-state index >= 15 is 0 Å². The van der Waals surface area contributed by atoms with Gasteiger partial charge in [-0.3, -0.25) is 4.79 Å². The Kier molecular flexibility index (Phi) is 4.83. The minimum Gasteiger partial charge on any atom is -0.338 e. The molecule has 0 atom stereocenters. The van der Waals surface area contributed by atoms with E-state index < -0.39 is 0 Å². The molecule has 1 saturated heterocycles. The Hall–Kier alpha value is -2.47. The first-order valence-corrected chi connectivity index (χ1v) is 7.80. The van der Waals surface area contributed by atoms with Crippen molar-refractivity contribution in [2.75, 3.05) is 43.4 Å². The van der Waals surface area contributed by atoms with Crippen LogP contribution in [0.5, 0.6) is 0 Å². The van der Waals surface area contributed by atoms with Crippen LogP contribution in [0.3, 0.4) is 0 Å². The summed E-state index contributed by atoms with van der Waals surface area (Å²) in [6.07, 6.45) is 3.69. The molecule has 1 aromatic heterocycles. The number of aromatic nitrogens is 2. The summed E-state index contributed by atoms with van der Waals surface area (Å²) in [4.78, 5) is 25.2. The van der Waals surface area contributed by atoms with Crippen molar-refractivity contribution < 1.29 is 4.79 Å². The zero-order chi connectivity index (χ0) is 16.1. The van der Waals surface area contributed by atoms with Crippen molar-refractivity contribution in [3.8, 4) is 0 Å². The molecule has 1 aromatic carbocycles. The molecule has 1 N–H and O–H groups in total. The fourth-order valence-electron chi connectivity index (χ4n) is 2.54. The third-order valence-corrected chi connectivity index (χ3v) is 3.92. The number of amides is 1. The van der Waals surface area contributed by atoms with Crippen LogP contribution in [0.15, 0.2) is 42.7 Å². The second-order valence-electron chi connectivity index (χ2n) is 5.77. The number of carbonyl (C=O) groups excluding carboxylic acids is 1. The highest BCUT2D eigenvalue weighted by Gasteiger charge is 2.16. The molecule has 0 aliphatic carbocycles. The van der Waals surface area contributed by atoms with Gasteiger partial charge in [-0.2, -0.15) is 0 Å². The van der Waals surface area contributed by atoms with Crippen molar-refractivity contribution in [1.82, 2.24) is 14.9 Å². The van der Waals surface area contributed by atoms with E-state index in [2.05, 4.69) is 32.1 Å². The number of likely N-dealkylation sites (N-methyl/N-ethyl adjacent to an activating group) is 1. The Bertz CT molecular complexity index is 636. The van der Waals surface area contributed by atoms with Crippen LogP contribution in [0, 0.1) is 0 Å². The van der Waals surface area contributed by atoms with Gasteiger partial charge in [-0.05, 0) is 12.6 Å². The van der Waals surface area contributed by atoms with Crippen molar-refractivity contribution in [2.45, 2.75) is 6.42 Å². The molecule has 120 valence electrons. The van der Waals surface area contributed by atoms with Gasteiger partial charge in [0, 0.05) is 26.2 Å². The first-order chi connectivity index (χ1) is 11.2. The topological polar surface area (TPSA) is 61.4 Å². The lowest BCUT2D eigenvalue weighted by atomic mass is 10.1. The number of anilines is 2. The largest absolute Gasteiger partial charge is 0.338 e. The molecule has 3 rings (SSSR count). The summed E-state index contributed by atoms with van der Waals surface area (Å²) in [5.74, 6) is 0.659. The summed E-state index contributed by atoms with van der Waals surface area (Å²) >= 11 is 0. The summed E-state index contributed by atoms with van der Waals surface area (Å²) in [6.45, 7) is 3.88. The van der Waals surface area contributed by atoms with Crippen LogP contribution in [-0.2, 0) is 11.2 Å². The van der Waals surface area contributed by atoms with Gasteiger partial charge in [-0.1, -0.05) is 30.3 Å². The lowest BCUT2D eigenvalue weighted by molar-refractivity contribution is -0.115. The van der Waals surface area contributed by atoms with Crippen molar-refractivity contribution in [1.29, 1.82) is 0 Å². The lowest BCUT2D eigenvalue weighted by Gasteiger charge is -2.32. The van der Waals surface area contributed by atoms with Crippen LogP contribution in [0.1, 0.15) is 5.56 Å². The molecule has 0 saturated carbocycles. The van der Waals surface area contributed by atoms with Crippen LogP contribution in [0.4, 0.5) is 11.6 Å². The van der Waals surface area contributed by atoms with E-state index in [4.69, 9.17) is 0 Å². The molecule has 2 heterocycles. The van der Waals surface area contributed by atoms with Gasteiger partial charge in [0.2, 0.25) is 11.9 Å². The zero-order valence-corrected chi connectivity index (χ0v) is 13.3. The highest BCUT2D eigenvalue weighted by atomic mass is 16.1. The number of hydrogen-bond donors (Lipinski definition) is 1. The standard InChI is InChI=1S/C17H21N5O/c1-21-7-9-22(10-8-21)17-18-12-15(13-19-17)20-16(23)11-14-5-3-2-4-6-14/h2-6,12-13H,7-11H2,1H3,(H,20,23). The summed E-state index contributed by atoms with van der Waals surface area (Å²) < 4.78 is 0. The van der Waals surface area contributed by atoms with E-state index in [0.717, 1.165) is 37.7 Å². The summed E-state index contributed by atoms with van der Waals surface area (Å²) in [6, 6.07) is 9.67. The quantitative estimate of drug-likeness (QED) is 0.925. The minimum atomic E-state index is -0.0628. The van der Waals surface area contributed by atoms with Gasteiger partial charge in [0.15, 0.2) is 0 Å². The normalized spacial score (nSPS) is 15.4. The molecule has 6 nitrogen and oxygen atoms in total. The molecule has 1 aliphatic rings. The van der Waals surface area contributed by atoms with Crippen LogP contribution in [0.2, 0.25) is 0 Å². The van der Waals surface area contributed by atoms with Crippen LogP contribution < -0.4 is 10.2 Å². The van der Waals surface area contributed by atoms with Crippen LogP contribution in [-0.4, -0.2) is 54.0 Å². The summed E-state index contributed by atoms with van der Waals surface area (Å²) in [5, 5.41) is 2.84. The molecule has 23 heavy (non-hydrogen) atoms. The number of nitrogens with one attached hydrogen (secondary N) is 1. The van der Waals surface area contributed by atoms with Crippen molar-refractivity contribution in [3.05, 3.63) is 48.3 Å². The fraction of sp³-hybridized carbons (Fsp3) is 0.353. The molecule has 1 amide bonds. The lowest BCUT2D eigenvalue weighted by Crippen LogP contribution is -2.45. The number of hydrogen-bond acceptors (Lipinski definition) is 5. The first kappa shape index (κ1) is 15.4. The molecule has 0 radical (unpaired) electrons. The van der Waals surface area contributed by atoms with E-state index in [1.54, 1.807) is 12.4 Å². The Morgan fingerprint density at radius 1 is 1.09 bits per heavy atom. The van der Waals surface area contributed by atoms with E-state index in [1.165, 1.54) is 0 Å². The average molecular weight is 311 g/mol. The molecule has 0 unspecified atom stereocenters. The maximum absolute atomic E-state index is 12.0. The van der Waals surface area contributed by atoms with E-state index in [0.29, 0.717) is 12.1 Å². The maximum atomic E-state index is 12.0. The Morgan fingerprint density at radius 2 is 1.74 bits per heavy atom. The van der Waals surface area contributed by atoms with Crippen LogP contribution in [0.25, 0.3) is 0 Å². The van der Waals surface area contributed by atoms with Gasteiger partial charge in [0.05, 0.1) is 24.5 Å². The molecule has 2 aromatic rings. The van der Waals surface area contributed by atoms with Gasteiger partial charge in [-0.15, -0.1) is 0 Å². The van der Waals surface area contributed by atoms with Crippen molar-refractivity contribution in [2.24, 2.45) is 0 Å². The SMILES string of the molecule is CN1CCN(c2ncc(NC(=O)Cc3ccccc3)cn2)CC1. The maximum Gasteiger partial charge on any atom is 0.228 e. The summed E-state index contributed by atoms with van der Waals surface area (Å²) in [7, 11) is 2.11. The minimum absolute atomic E-state index is 0.0628. The van der Waals surface area contributed by atoms with Crippen molar-refractivity contribution >= 4 is 17.5 Å². The van der Waals surface area contributed by atoms with Gasteiger partial charge in [-0.25, -0.2) is 9.97 Å². The van der Waals surface area contributed by atoms with Crippen molar-refractivity contribution in [3.63, 3.8) is 0 Å². The van der Waals surface area contributed by atoms with Gasteiger partial charge < -0.3 is 15.1 Å². The number of piperazine rings is 1. The zero-order valence-electron chi connectivity index (χ0n) is 13.3. The third kappa shape index (κ3) is 4.26.